The van der Waals surface area contributed by atoms with Crippen LogP contribution in [0.2, 0.25) is 0 Å². The van der Waals surface area contributed by atoms with Crippen LogP contribution in [0, 0.1) is 26.2 Å². The van der Waals surface area contributed by atoms with Crippen molar-refractivity contribution in [2.24, 2.45) is 15.4 Å². The number of guanidine groups is 1. The summed E-state index contributed by atoms with van der Waals surface area (Å²) in [4.78, 5) is 29.9. The topological polar surface area (TPSA) is 99.8 Å². The van der Waals surface area contributed by atoms with Crippen molar-refractivity contribution in [1.82, 2.24) is 9.97 Å². The van der Waals surface area contributed by atoms with Gasteiger partial charge in [-0.3, -0.25) is 4.79 Å². The normalized spacial score (nSPS) is 17.0. The smallest absolute Gasteiger partial charge is 0.253 e. The zero-order valence-corrected chi connectivity index (χ0v) is 18.0. The minimum absolute atomic E-state index is 0.0531. The van der Waals surface area contributed by atoms with Gasteiger partial charge < -0.3 is 10.4 Å². The van der Waals surface area contributed by atoms with Gasteiger partial charge in [0, 0.05) is 36.1 Å². The molecule has 2 N–H and O–H groups in total. The minimum Gasteiger partial charge on any atom is -0.511 e. The maximum Gasteiger partial charge on any atom is 0.253 e. The molecule has 3 rings (SSSR count). The van der Waals surface area contributed by atoms with Gasteiger partial charge in [-0.05, 0) is 44.4 Å². The Labute approximate surface area is 176 Å². The number of Topliss-reactive ketones (excluding diaryl/α,β-unsaturated/α-hetero) is 1. The molecule has 156 valence electrons. The number of rotatable bonds is 3. The summed E-state index contributed by atoms with van der Waals surface area (Å²) >= 11 is 0. The molecule has 0 amide bonds. The molecule has 30 heavy (non-hydrogen) atoms. The molecule has 0 aliphatic heterocycles. The van der Waals surface area contributed by atoms with Gasteiger partial charge in [0.05, 0.1) is 5.57 Å². The van der Waals surface area contributed by atoms with Gasteiger partial charge in [-0.1, -0.05) is 31.5 Å². The lowest BCUT2D eigenvalue weighted by atomic mass is 9.77. The van der Waals surface area contributed by atoms with E-state index in [2.05, 4.69) is 25.3 Å². The quantitative estimate of drug-likeness (QED) is 0.566. The molecule has 7 nitrogen and oxygen atoms in total. The molecule has 0 saturated carbocycles. The molecule has 1 aromatic carbocycles. The van der Waals surface area contributed by atoms with Gasteiger partial charge in [0.25, 0.3) is 5.95 Å². The summed E-state index contributed by atoms with van der Waals surface area (Å²) < 4.78 is 0. The molecule has 0 spiro atoms. The number of aromatic nitrogens is 2. The van der Waals surface area contributed by atoms with E-state index in [9.17, 15) is 9.90 Å². The molecule has 1 aromatic heterocycles. The Balaban J connectivity index is 1.96. The Morgan fingerprint density at radius 3 is 2.33 bits per heavy atom. The monoisotopic (exact) mass is 405 g/mol. The maximum atomic E-state index is 12.5. The van der Waals surface area contributed by atoms with Crippen LogP contribution in [0.4, 0.5) is 11.6 Å². The highest BCUT2D eigenvalue weighted by atomic mass is 16.3. The maximum absolute atomic E-state index is 12.5. The first kappa shape index (κ1) is 21.4. The molecule has 0 radical (unpaired) electrons. The van der Waals surface area contributed by atoms with Crippen LogP contribution in [-0.4, -0.2) is 33.0 Å². The van der Waals surface area contributed by atoms with E-state index in [0.29, 0.717) is 12.8 Å². The van der Waals surface area contributed by atoms with Crippen molar-refractivity contribution in [2.75, 3.05) is 5.32 Å². The van der Waals surface area contributed by atoms with Crippen molar-refractivity contribution < 1.29 is 9.90 Å². The number of nitrogens with zero attached hydrogens (tertiary/aromatic N) is 4. The van der Waals surface area contributed by atoms with Crippen LogP contribution in [0.1, 0.15) is 43.6 Å². The van der Waals surface area contributed by atoms with E-state index in [1.165, 1.54) is 6.21 Å². The van der Waals surface area contributed by atoms with E-state index in [4.69, 9.17) is 0 Å². The molecular formula is C23H27N5O2. The molecule has 2 aromatic rings. The van der Waals surface area contributed by atoms with E-state index in [1.54, 1.807) is 0 Å². The molecule has 1 heterocycles. The summed E-state index contributed by atoms with van der Waals surface area (Å²) in [5.74, 6) is 0.414. The number of ketones is 1. The van der Waals surface area contributed by atoms with Crippen LogP contribution in [-0.2, 0) is 4.79 Å². The number of carbonyl (C=O) groups excluding carboxylic acids is 1. The molecule has 0 saturated heterocycles. The third-order valence-electron chi connectivity index (χ3n) is 4.70. The Kier molecular flexibility index (Phi) is 6.10. The van der Waals surface area contributed by atoms with Gasteiger partial charge in [-0.2, -0.15) is 4.99 Å². The molecule has 7 heteroatoms. The lowest BCUT2D eigenvalue weighted by Crippen LogP contribution is -2.26. The number of hydrogen-bond acceptors (Lipinski definition) is 5. The van der Waals surface area contributed by atoms with Crippen LogP contribution in [0.3, 0.4) is 0 Å². The van der Waals surface area contributed by atoms with E-state index in [0.717, 1.165) is 22.6 Å². The Morgan fingerprint density at radius 1 is 1.10 bits per heavy atom. The fourth-order valence-corrected chi connectivity index (χ4v) is 3.28. The van der Waals surface area contributed by atoms with Crippen LogP contribution < -0.4 is 5.32 Å². The first-order valence-corrected chi connectivity index (χ1v) is 9.85. The first-order chi connectivity index (χ1) is 14.1. The molecular weight excluding hydrogens is 378 g/mol. The highest BCUT2D eigenvalue weighted by molar-refractivity contribution is 6.17. The Morgan fingerprint density at radius 2 is 1.73 bits per heavy atom. The van der Waals surface area contributed by atoms with E-state index in [-0.39, 0.29) is 34.4 Å². The number of benzene rings is 1. The number of allylic oxidation sites excluding steroid dienone is 2. The van der Waals surface area contributed by atoms with Gasteiger partial charge >= 0.3 is 0 Å². The standard InChI is InChI=1S/C23H27N5O2/c1-14-6-8-17(9-7-14)27-21(28-22-25-15(2)10-16(3)26-22)24-13-18-19(29)11-23(4,5)12-20(18)30/h6-10,13,29H,11-12H2,1-5H3,(H,25,26,27,28)/b24-13+. The van der Waals surface area contributed by atoms with Crippen molar-refractivity contribution in [3.8, 4) is 0 Å². The number of carbonyl (C=O) groups is 1. The van der Waals surface area contributed by atoms with Crippen molar-refractivity contribution in [2.45, 2.75) is 47.5 Å². The fourth-order valence-electron chi connectivity index (χ4n) is 3.28. The number of aliphatic hydroxyl groups is 1. The molecule has 0 atom stereocenters. The summed E-state index contributed by atoms with van der Waals surface area (Å²) in [7, 11) is 0. The molecule has 1 aliphatic carbocycles. The fraction of sp³-hybridized carbons (Fsp3) is 0.348. The van der Waals surface area contributed by atoms with Crippen molar-refractivity contribution >= 4 is 29.6 Å². The average Bonchev–Trinajstić information content (AvgIpc) is 2.61. The lowest BCUT2D eigenvalue weighted by molar-refractivity contribution is -0.117. The molecule has 0 unspecified atom stereocenters. The highest BCUT2D eigenvalue weighted by Gasteiger charge is 2.32. The summed E-state index contributed by atoms with van der Waals surface area (Å²) in [6.07, 6.45) is 2.16. The molecule has 0 fully saturated rings. The number of aryl methyl sites for hydroxylation is 3. The van der Waals surface area contributed by atoms with Gasteiger partial charge in [0.15, 0.2) is 5.78 Å². The summed E-state index contributed by atoms with van der Waals surface area (Å²) in [5.41, 5.74) is 3.47. The van der Waals surface area contributed by atoms with E-state index in [1.807, 2.05) is 65.0 Å². The zero-order valence-electron chi connectivity index (χ0n) is 18.0. The van der Waals surface area contributed by atoms with Crippen molar-refractivity contribution in [3.63, 3.8) is 0 Å². The summed E-state index contributed by atoms with van der Waals surface area (Å²) in [5, 5.41) is 13.5. The van der Waals surface area contributed by atoms with Gasteiger partial charge in [0.2, 0.25) is 5.96 Å². The number of nitrogens with one attached hydrogen (secondary N) is 1. The second-order valence-corrected chi connectivity index (χ2v) is 8.44. The van der Waals surface area contributed by atoms with E-state index >= 15 is 0 Å². The van der Waals surface area contributed by atoms with Gasteiger partial charge in [-0.15, -0.1) is 0 Å². The highest BCUT2D eigenvalue weighted by Crippen LogP contribution is 2.35. The first-order valence-electron chi connectivity index (χ1n) is 9.85. The van der Waals surface area contributed by atoms with Gasteiger partial charge in [0.1, 0.15) is 5.76 Å². The predicted molar refractivity (Wildman–Crippen MR) is 120 cm³/mol. The zero-order chi connectivity index (χ0) is 21.9. The van der Waals surface area contributed by atoms with Gasteiger partial charge in [-0.25, -0.2) is 15.0 Å². The SMILES string of the molecule is Cc1ccc(NC(/N=C/C2=C(O)CC(C)(C)CC2=O)=N\c2nc(C)cc(C)n2)cc1. The van der Waals surface area contributed by atoms with Crippen LogP contribution >= 0.6 is 0 Å². The largest absolute Gasteiger partial charge is 0.511 e. The molecule has 0 bridgehead atoms. The average molecular weight is 406 g/mol. The van der Waals surface area contributed by atoms with E-state index < -0.39 is 0 Å². The molecule has 1 aliphatic rings. The lowest BCUT2D eigenvalue weighted by Gasteiger charge is -2.28. The van der Waals surface area contributed by atoms with Crippen LogP contribution in [0.5, 0.6) is 0 Å². The van der Waals surface area contributed by atoms with Crippen LogP contribution in [0.25, 0.3) is 0 Å². The second kappa shape index (κ2) is 8.57. The number of anilines is 1. The predicted octanol–water partition coefficient (Wildman–Crippen LogP) is 4.77. The number of aliphatic imine (C=N–C) groups is 2. The summed E-state index contributed by atoms with van der Waals surface area (Å²) in [6, 6.07) is 9.62. The third kappa shape index (κ3) is 5.59. The van der Waals surface area contributed by atoms with Crippen molar-refractivity contribution in [3.05, 3.63) is 58.6 Å². The summed E-state index contributed by atoms with van der Waals surface area (Å²) in [6.45, 7) is 9.66. The number of hydrogen-bond donors (Lipinski definition) is 2. The number of aliphatic hydroxyl groups excluding tert-OH is 1. The Hall–Kier alpha value is -3.35. The second-order valence-electron chi connectivity index (χ2n) is 8.44. The van der Waals surface area contributed by atoms with Crippen LogP contribution in [0.15, 0.2) is 51.6 Å². The minimum atomic E-state index is -0.261. The Bertz CT molecular complexity index is 1030. The third-order valence-corrected chi connectivity index (χ3v) is 4.70. The van der Waals surface area contributed by atoms with Crippen molar-refractivity contribution in [1.29, 1.82) is 0 Å².